The van der Waals surface area contributed by atoms with Gasteiger partial charge in [0.05, 0.1) is 0 Å². The molecule has 0 radical (unpaired) electrons. The van der Waals surface area contributed by atoms with E-state index in [1.165, 1.54) is 0 Å². The Morgan fingerprint density at radius 2 is 2.00 bits per heavy atom. The fourth-order valence-electron chi connectivity index (χ4n) is 2.92. The maximum Gasteiger partial charge on any atom is 0.226 e. The van der Waals surface area contributed by atoms with Gasteiger partial charge in [-0.3, -0.25) is 0 Å². The number of aromatic nitrogens is 2. The molecule has 1 aromatic carbocycles. The molecule has 0 fully saturated rings. The van der Waals surface area contributed by atoms with Crippen molar-refractivity contribution in [3.05, 3.63) is 47.3 Å². The van der Waals surface area contributed by atoms with Gasteiger partial charge >= 0.3 is 0 Å². The summed E-state index contributed by atoms with van der Waals surface area (Å²) in [6.45, 7) is 10.3. The second-order valence-corrected chi connectivity index (χ2v) is 7.07. The summed E-state index contributed by atoms with van der Waals surface area (Å²) >= 11 is 0. The fourth-order valence-corrected chi connectivity index (χ4v) is 2.92. The van der Waals surface area contributed by atoms with Crippen molar-refractivity contribution in [2.24, 2.45) is 4.99 Å². The van der Waals surface area contributed by atoms with Gasteiger partial charge < -0.3 is 19.6 Å². The molecule has 0 atom stereocenters. The summed E-state index contributed by atoms with van der Waals surface area (Å²) in [5.41, 5.74) is 2.05. The molecular weight excluding hydrogens is 481 g/mol. The van der Waals surface area contributed by atoms with Crippen molar-refractivity contribution < 1.29 is 8.94 Å². The van der Waals surface area contributed by atoms with E-state index in [0.29, 0.717) is 12.4 Å². The minimum atomic E-state index is 0. The molecule has 2 N–H and O–H groups in total. The number of nitrogens with zero attached hydrogens (tertiary/aromatic N) is 3. The van der Waals surface area contributed by atoms with E-state index in [-0.39, 0.29) is 29.9 Å². The molecule has 0 unspecified atom stereocenters. The Labute approximate surface area is 188 Å². The summed E-state index contributed by atoms with van der Waals surface area (Å²) in [4.78, 5) is 9.07. The quantitative estimate of drug-likeness (QED) is 0.200. The molecule has 0 aliphatic heterocycles. The Hall–Kier alpha value is -2.10. The smallest absolute Gasteiger partial charge is 0.226 e. The van der Waals surface area contributed by atoms with E-state index >= 15 is 0 Å². The standard InChI is InChI=1S/C21H29N5O2.HI/c1-5-22-21(23-12-8-11-19-25-20(14(2)3)26-28-19)24-13-18-15(4)16-9-6-7-10-17(16)27-18;/h6-7,9-10,14H,5,8,11-13H2,1-4H3,(H2,22,23,24);1H. The largest absolute Gasteiger partial charge is 0.459 e. The highest BCUT2D eigenvalue weighted by atomic mass is 127. The van der Waals surface area contributed by atoms with E-state index in [1.807, 2.05) is 18.2 Å². The minimum absolute atomic E-state index is 0. The van der Waals surface area contributed by atoms with Gasteiger partial charge in [0.2, 0.25) is 5.89 Å². The topological polar surface area (TPSA) is 88.5 Å². The molecule has 3 aromatic rings. The van der Waals surface area contributed by atoms with Crippen molar-refractivity contribution in [1.82, 2.24) is 20.8 Å². The Kier molecular flexibility index (Phi) is 8.94. The highest BCUT2D eigenvalue weighted by Crippen LogP contribution is 2.25. The van der Waals surface area contributed by atoms with E-state index < -0.39 is 0 Å². The second kappa shape index (κ2) is 11.2. The van der Waals surface area contributed by atoms with Crippen LogP contribution in [0.1, 0.15) is 56.1 Å². The number of aryl methyl sites for hydroxylation is 2. The summed E-state index contributed by atoms with van der Waals surface area (Å²) in [7, 11) is 0. The van der Waals surface area contributed by atoms with Gasteiger partial charge in [-0.25, -0.2) is 4.99 Å². The van der Waals surface area contributed by atoms with E-state index in [0.717, 1.165) is 60.0 Å². The van der Waals surface area contributed by atoms with Crippen LogP contribution >= 0.6 is 24.0 Å². The van der Waals surface area contributed by atoms with Gasteiger partial charge in [0.15, 0.2) is 11.8 Å². The van der Waals surface area contributed by atoms with E-state index in [9.17, 15) is 0 Å². The SMILES string of the molecule is CCNC(=NCc1oc2ccccc2c1C)NCCCc1nc(C(C)C)no1.I. The molecule has 2 aromatic heterocycles. The minimum Gasteiger partial charge on any atom is -0.459 e. The first-order valence-electron chi connectivity index (χ1n) is 9.90. The number of rotatable bonds is 8. The molecule has 0 aliphatic carbocycles. The van der Waals surface area contributed by atoms with Gasteiger partial charge in [0.1, 0.15) is 17.9 Å². The van der Waals surface area contributed by atoms with Crippen LogP contribution in [-0.4, -0.2) is 29.2 Å². The number of hydrogen-bond donors (Lipinski definition) is 2. The molecule has 7 nitrogen and oxygen atoms in total. The van der Waals surface area contributed by atoms with E-state index in [1.54, 1.807) is 0 Å². The molecule has 0 saturated heterocycles. The first kappa shape index (κ1) is 23.2. The van der Waals surface area contributed by atoms with Crippen LogP contribution in [-0.2, 0) is 13.0 Å². The van der Waals surface area contributed by atoms with Crippen molar-refractivity contribution >= 4 is 40.9 Å². The number of nitrogens with one attached hydrogen (secondary N) is 2. The lowest BCUT2D eigenvalue weighted by molar-refractivity contribution is 0.368. The normalized spacial score (nSPS) is 11.7. The first-order chi connectivity index (χ1) is 13.6. The third-order valence-corrected chi connectivity index (χ3v) is 4.53. The summed E-state index contributed by atoms with van der Waals surface area (Å²) in [5, 5.41) is 11.8. The zero-order valence-corrected chi connectivity index (χ0v) is 19.8. The van der Waals surface area contributed by atoms with E-state index in [4.69, 9.17) is 8.94 Å². The summed E-state index contributed by atoms with van der Waals surface area (Å²) < 4.78 is 11.2. The van der Waals surface area contributed by atoms with Crippen LogP contribution < -0.4 is 10.6 Å². The predicted octanol–water partition coefficient (Wildman–Crippen LogP) is 4.55. The summed E-state index contributed by atoms with van der Waals surface area (Å²) in [6, 6.07) is 8.07. The molecule has 0 spiro atoms. The van der Waals surface area contributed by atoms with Crippen LogP contribution in [0.2, 0.25) is 0 Å². The van der Waals surface area contributed by atoms with Gasteiger partial charge in [-0.2, -0.15) is 4.98 Å². The molecule has 0 bridgehead atoms. The predicted molar refractivity (Wildman–Crippen MR) is 126 cm³/mol. The molecule has 3 rings (SSSR count). The van der Waals surface area contributed by atoms with Crippen LogP contribution in [0.4, 0.5) is 0 Å². The monoisotopic (exact) mass is 511 g/mol. The maximum atomic E-state index is 5.94. The van der Waals surface area contributed by atoms with E-state index in [2.05, 4.69) is 59.5 Å². The third kappa shape index (κ3) is 6.19. The molecule has 29 heavy (non-hydrogen) atoms. The van der Waals surface area contributed by atoms with Crippen molar-refractivity contribution in [2.75, 3.05) is 13.1 Å². The average molecular weight is 511 g/mol. The highest BCUT2D eigenvalue weighted by Gasteiger charge is 2.11. The number of aliphatic imine (C=N–C) groups is 1. The molecular formula is C21H30IN5O2. The number of guanidine groups is 1. The zero-order chi connectivity index (χ0) is 19.9. The Morgan fingerprint density at radius 1 is 1.21 bits per heavy atom. The third-order valence-electron chi connectivity index (χ3n) is 4.53. The summed E-state index contributed by atoms with van der Waals surface area (Å²) in [6.07, 6.45) is 1.63. The highest BCUT2D eigenvalue weighted by molar-refractivity contribution is 14.0. The number of furan rings is 1. The van der Waals surface area contributed by atoms with Crippen molar-refractivity contribution in [3.8, 4) is 0 Å². The molecule has 8 heteroatoms. The van der Waals surface area contributed by atoms with Gasteiger partial charge in [-0.05, 0) is 26.3 Å². The number of benzene rings is 1. The summed E-state index contributed by atoms with van der Waals surface area (Å²) in [5.74, 6) is 3.40. The number of para-hydroxylation sites is 1. The number of halogens is 1. The molecule has 0 aliphatic rings. The lowest BCUT2D eigenvalue weighted by atomic mass is 10.1. The fraction of sp³-hybridized carbons (Fsp3) is 0.476. The Balaban J connectivity index is 0.00000300. The second-order valence-electron chi connectivity index (χ2n) is 7.07. The van der Waals surface area contributed by atoms with Crippen LogP contribution in [0.25, 0.3) is 11.0 Å². The van der Waals surface area contributed by atoms with Crippen LogP contribution in [0.15, 0.2) is 38.2 Å². The Morgan fingerprint density at radius 3 is 2.69 bits per heavy atom. The van der Waals surface area contributed by atoms with Crippen LogP contribution in [0, 0.1) is 6.92 Å². The molecule has 0 saturated carbocycles. The Bertz CT molecular complexity index is 932. The van der Waals surface area contributed by atoms with Crippen molar-refractivity contribution in [3.63, 3.8) is 0 Å². The van der Waals surface area contributed by atoms with Gasteiger partial charge in [0, 0.05) is 36.4 Å². The van der Waals surface area contributed by atoms with Crippen LogP contribution in [0.3, 0.4) is 0 Å². The zero-order valence-electron chi connectivity index (χ0n) is 17.5. The lowest BCUT2D eigenvalue weighted by Gasteiger charge is -2.10. The first-order valence-corrected chi connectivity index (χ1v) is 9.90. The van der Waals surface area contributed by atoms with Gasteiger partial charge in [-0.15, -0.1) is 24.0 Å². The molecule has 0 amide bonds. The molecule has 158 valence electrons. The molecule has 2 heterocycles. The lowest BCUT2D eigenvalue weighted by Crippen LogP contribution is -2.37. The van der Waals surface area contributed by atoms with Gasteiger partial charge in [0.25, 0.3) is 0 Å². The average Bonchev–Trinajstić information content (AvgIpc) is 3.28. The number of fused-ring (bicyclic) bond motifs is 1. The van der Waals surface area contributed by atoms with Crippen LogP contribution in [0.5, 0.6) is 0 Å². The maximum absolute atomic E-state index is 5.94. The van der Waals surface area contributed by atoms with Crippen molar-refractivity contribution in [1.29, 1.82) is 0 Å². The van der Waals surface area contributed by atoms with Crippen molar-refractivity contribution in [2.45, 2.75) is 53.0 Å². The van der Waals surface area contributed by atoms with Gasteiger partial charge in [-0.1, -0.05) is 37.2 Å². The number of hydrogen-bond acceptors (Lipinski definition) is 5.